The Bertz CT molecular complexity index is 687. The van der Waals surface area contributed by atoms with E-state index in [9.17, 15) is 10.2 Å². The number of phenolic OH excluding ortho intramolecular Hbond substituents is 2. The molecule has 24 heavy (non-hydrogen) atoms. The Balaban J connectivity index is 2.02. The second kappa shape index (κ2) is 6.16. The summed E-state index contributed by atoms with van der Waals surface area (Å²) < 4.78 is 0. The first-order valence-electron chi connectivity index (χ1n) is 8.95. The van der Waals surface area contributed by atoms with Gasteiger partial charge in [-0.1, -0.05) is 51.5 Å². The molecule has 3 rings (SSSR count). The standard InChI is InChI=1S/C22H28O2/c1-16(2)22(18-7-11-20(24)12-8-18)14-4-13-21(3,15-22)17-5-9-19(23)10-6-17/h5-12,16,23-24H,4,13-15H2,1-3H3. The van der Waals surface area contributed by atoms with Crippen LogP contribution in [0.2, 0.25) is 0 Å². The minimum atomic E-state index is 0.105. The van der Waals surface area contributed by atoms with E-state index in [1.165, 1.54) is 30.4 Å². The molecule has 2 aromatic rings. The lowest BCUT2D eigenvalue weighted by Crippen LogP contribution is -2.43. The number of phenols is 2. The molecule has 0 aromatic heterocycles. The summed E-state index contributed by atoms with van der Waals surface area (Å²) in [5, 5.41) is 19.3. The third-order valence-corrected chi connectivity index (χ3v) is 6.17. The van der Waals surface area contributed by atoms with Gasteiger partial charge in [-0.25, -0.2) is 0 Å². The Kier molecular flexibility index (Phi) is 4.33. The quantitative estimate of drug-likeness (QED) is 0.780. The largest absolute Gasteiger partial charge is 0.508 e. The van der Waals surface area contributed by atoms with Crippen LogP contribution in [0.5, 0.6) is 11.5 Å². The maximum Gasteiger partial charge on any atom is 0.115 e. The van der Waals surface area contributed by atoms with Crippen molar-refractivity contribution in [2.45, 2.75) is 57.3 Å². The minimum Gasteiger partial charge on any atom is -0.508 e. The average molecular weight is 324 g/mol. The molecule has 2 unspecified atom stereocenters. The molecular weight excluding hydrogens is 296 g/mol. The molecule has 0 spiro atoms. The Labute approximate surface area is 145 Å². The molecule has 1 saturated carbocycles. The molecule has 0 heterocycles. The molecule has 0 saturated heterocycles. The smallest absolute Gasteiger partial charge is 0.115 e. The number of aromatic hydroxyl groups is 2. The molecule has 2 N–H and O–H groups in total. The van der Waals surface area contributed by atoms with Crippen molar-refractivity contribution in [3.8, 4) is 11.5 Å². The van der Waals surface area contributed by atoms with E-state index in [-0.39, 0.29) is 10.8 Å². The first kappa shape index (κ1) is 16.9. The summed E-state index contributed by atoms with van der Waals surface area (Å²) in [4.78, 5) is 0. The Morgan fingerprint density at radius 3 is 1.79 bits per heavy atom. The maximum atomic E-state index is 9.66. The molecule has 0 aliphatic heterocycles. The minimum absolute atomic E-state index is 0.105. The molecule has 2 heteroatoms. The van der Waals surface area contributed by atoms with Crippen LogP contribution < -0.4 is 0 Å². The average Bonchev–Trinajstić information content (AvgIpc) is 2.55. The van der Waals surface area contributed by atoms with E-state index in [1.807, 2.05) is 12.1 Å². The van der Waals surface area contributed by atoms with Crippen molar-refractivity contribution in [1.29, 1.82) is 0 Å². The third kappa shape index (κ3) is 2.90. The van der Waals surface area contributed by atoms with E-state index < -0.39 is 0 Å². The molecule has 2 nitrogen and oxygen atoms in total. The van der Waals surface area contributed by atoms with Gasteiger partial charge in [0.15, 0.2) is 0 Å². The zero-order valence-corrected chi connectivity index (χ0v) is 14.9. The van der Waals surface area contributed by atoms with Gasteiger partial charge in [0.2, 0.25) is 0 Å². The Hall–Kier alpha value is -1.96. The second-order valence-electron chi connectivity index (χ2n) is 8.00. The van der Waals surface area contributed by atoms with E-state index in [1.54, 1.807) is 12.1 Å². The fourth-order valence-electron chi connectivity index (χ4n) is 4.64. The van der Waals surface area contributed by atoms with Crippen LogP contribution in [0.3, 0.4) is 0 Å². The van der Waals surface area contributed by atoms with Crippen molar-refractivity contribution in [2.75, 3.05) is 0 Å². The second-order valence-corrected chi connectivity index (χ2v) is 8.00. The summed E-state index contributed by atoms with van der Waals surface area (Å²) in [5.74, 6) is 1.18. The van der Waals surface area contributed by atoms with Crippen LogP contribution >= 0.6 is 0 Å². The zero-order valence-electron chi connectivity index (χ0n) is 14.9. The fraction of sp³-hybridized carbons (Fsp3) is 0.455. The SMILES string of the molecule is CC(C)C1(c2ccc(O)cc2)CCCC(C)(c2ccc(O)cc2)C1. The molecule has 1 fully saturated rings. The van der Waals surface area contributed by atoms with Crippen LogP contribution in [0.15, 0.2) is 48.5 Å². The van der Waals surface area contributed by atoms with Gasteiger partial charge < -0.3 is 10.2 Å². The van der Waals surface area contributed by atoms with Crippen LogP contribution in [0.4, 0.5) is 0 Å². The highest BCUT2D eigenvalue weighted by Gasteiger charge is 2.45. The molecular formula is C22H28O2. The van der Waals surface area contributed by atoms with Crippen molar-refractivity contribution < 1.29 is 10.2 Å². The molecule has 0 amide bonds. The summed E-state index contributed by atoms with van der Waals surface area (Å²) in [6.45, 7) is 6.99. The van der Waals surface area contributed by atoms with Crippen LogP contribution in [0.1, 0.15) is 57.6 Å². The summed E-state index contributed by atoms with van der Waals surface area (Å²) >= 11 is 0. The molecule has 128 valence electrons. The van der Waals surface area contributed by atoms with Gasteiger partial charge >= 0.3 is 0 Å². The predicted molar refractivity (Wildman–Crippen MR) is 98.5 cm³/mol. The summed E-state index contributed by atoms with van der Waals surface area (Å²) in [6.07, 6.45) is 4.64. The van der Waals surface area contributed by atoms with Crippen molar-refractivity contribution in [2.24, 2.45) is 5.92 Å². The van der Waals surface area contributed by atoms with Gasteiger partial charge in [0.1, 0.15) is 11.5 Å². The highest BCUT2D eigenvalue weighted by Crippen LogP contribution is 2.53. The molecule has 0 radical (unpaired) electrons. The van der Waals surface area contributed by atoms with Crippen molar-refractivity contribution in [1.82, 2.24) is 0 Å². The van der Waals surface area contributed by atoms with Crippen LogP contribution in [-0.2, 0) is 10.8 Å². The van der Waals surface area contributed by atoms with Crippen molar-refractivity contribution in [3.05, 3.63) is 59.7 Å². The van der Waals surface area contributed by atoms with Gasteiger partial charge in [-0.2, -0.15) is 0 Å². The lowest BCUT2D eigenvalue weighted by molar-refractivity contribution is 0.147. The first-order valence-corrected chi connectivity index (χ1v) is 8.95. The van der Waals surface area contributed by atoms with E-state index in [0.717, 1.165) is 6.42 Å². The van der Waals surface area contributed by atoms with Gasteiger partial charge in [-0.15, -0.1) is 0 Å². The van der Waals surface area contributed by atoms with E-state index in [2.05, 4.69) is 45.0 Å². The van der Waals surface area contributed by atoms with Gasteiger partial charge in [0.25, 0.3) is 0 Å². The number of benzene rings is 2. The molecule has 1 aliphatic rings. The van der Waals surface area contributed by atoms with Gasteiger partial charge in [0, 0.05) is 0 Å². The van der Waals surface area contributed by atoms with E-state index in [0.29, 0.717) is 17.4 Å². The summed E-state index contributed by atoms with van der Waals surface area (Å²) in [7, 11) is 0. The van der Waals surface area contributed by atoms with Crippen LogP contribution in [0.25, 0.3) is 0 Å². The van der Waals surface area contributed by atoms with Gasteiger partial charge in [0.05, 0.1) is 0 Å². The van der Waals surface area contributed by atoms with Crippen molar-refractivity contribution >= 4 is 0 Å². The zero-order chi connectivity index (χ0) is 17.4. The topological polar surface area (TPSA) is 40.5 Å². The number of rotatable bonds is 3. The lowest BCUT2D eigenvalue weighted by Gasteiger charge is -2.50. The highest BCUT2D eigenvalue weighted by molar-refractivity contribution is 5.37. The van der Waals surface area contributed by atoms with Crippen LogP contribution in [0, 0.1) is 5.92 Å². The lowest BCUT2D eigenvalue weighted by atomic mass is 9.54. The monoisotopic (exact) mass is 324 g/mol. The number of hydrogen-bond acceptors (Lipinski definition) is 2. The molecule has 0 bridgehead atoms. The molecule has 2 aromatic carbocycles. The maximum absolute atomic E-state index is 9.66. The first-order chi connectivity index (χ1) is 11.4. The van der Waals surface area contributed by atoms with Crippen molar-refractivity contribution in [3.63, 3.8) is 0 Å². The summed E-state index contributed by atoms with van der Waals surface area (Å²) in [5.41, 5.74) is 2.87. The normalized spacial score (nSPS) is 27.3. The van der Waals surface area contributed by atoms with Gasteiger partial charge in [-0.05, 0) is 71.4 Å². The molecule has 2 atom stereocenters. The summed E-state index contributed by atoms with van der Waals surface area (Å²) in [6, 6.07) is 15.6. The van der Waals surface area contributed by atoms with E-state index >= 15 is 0 Å². The highest BCUT2D eigenvalue weighted by atomic mass is 16.3. The Morgan fingerprint density at radius 1 is 0.792 bits per heavy atom. The van der Waals surface area contributed by atoms with Crippen LogP contribution in [-0.4, -0.2) is 10.2 Å². The fourth-order valence-corrected chi connectivity index (χ4v) is 4.64. The predicted octanol–water partition coefficient (Wildman–Crippen LogP) is 5.52. The number of hydrogen-bond donors (Lipinski definition) is 2. The van der Waals surface area contributed by atoms with E-state index in [4.69, 9.17) is 0 Å². The Morgan fingerprint density at radius 2 is 1.29 bits per heavy atom. The third-order valence-electron chi connectivity index (χ3n) is 6.17. The van der Waals surface area contributed by atoms with Gasteiger partial charge in [-0.3, -0.25) is 0 Å². The molecule has 1 aliphatic carbocycles.